The summed E-state index contributed by atoms with van der Waals surface area (Å²) in [6.07, 6.45) is 5.55. The monoisotopic (exact) mass is 242 g/mol. The van der Waals surface area contributed by atoms with Crippen LogP contribution >= 0.6 is 11.3 Å². The lowest BCUT2D eigenvalue weighted by Crippen LogP contribution is -1.85. The Bertz CT molecular complexity index is 655. The number of aromatic nitrogens is 2. The van der Waals surface area contributed by atoms with Crippen molar-refractivity contribution in [3.63, 3.8) is 0 Å². The minimum absolute atomic E-state index is 0.658. The van der Waals surface area contributed by atoms with Crippen LogP contribution in [0.2, 0.25) is 0 Å². The second kappa shape index (κ2) is 4.14. The van der Waals surface area contributed by atoms with Gasteiger partial charge in [-0.25, -0.2) is 4.98 Å². The summed E-state index contributed by atoms with van der Waals surface area (Å²) in [5, 5.41) is 2.07. The molecular formula is C13H10N2OS. The molecule has 0 aliphatic rings. The number of hydrogen-bond donors (Lipinski definition) is 0. The van der Waals surface area contributed by atoms with E-state index in [0.29, 0.717) is 5.56 Å². The van der Waals surface area contributed by atoms with Gasteiger partial charge in [-0.3, -0.25) is 4.79 Å². The third-order valence-electron chi connectivity index (χ3n) is 2.61. The van der Waals surface area contributed by atoms with Crippen LogP contribution in [-0.4, -0.2) is 15.7 Å². The van der Waals surface area contributed by atoms with Crippen molar-refractivity contribution in [2.75, 3.05) is 0 Å². The van der Waals surface area contributed by atoms with Gasteiger partial charge in [0.15, 0.2) is 0 Å². The third-order valence-corrected chi connectivity index (χ3v) is 3.48. The van der Waals surface area contributed by atoms with Crippen LogP contribution in [0.15, 0.2) is 42.0 Å². The lowest BCUT2D eigenvalue weighted by Gasteiger charge is -1.91. The molecule has 0 unspecified atom stereocenters. The molecule has 0 atom stereocenters. The standard InChI is InChI=1S/C13H10N2OS/c16-9-10-3-4-15-8-11(14-13(15)6-10)7-12-2-1-5-17-12/h1-6,8-9H,7H2. The number of nitrogens with zero attached hydrogens (tertiary/aromatic N) is 2. The zero-order valence-corrected chi connectivity index (χ0v) is 9.85. The van der Waals surface area contributed by atoms with Gasteiger partial charge >= 0.3 is 0 Å². The predicted molar refractivity (Wildman–Crippen MR) is 67.7 cm³/mol. The fourth-order valence-electron chi connectivity index (χ4n) is 1.80. The molecule has 0 radical (unpaired) electrons. The van der Waals surface area contributed by atoms with Crippen molar-refractivity contribution in [2.24, 2.45) is 0 Å². The largest absolute Gasteiger partial charge is 0.307 e. The number of pyridine rings is 1. The predicted octanol–water partition coefficient (Wildman–Crippen LogP) is 2.80. The number of carbonyl (C=O) groups excluding carboxylic acids is 1. The molecule has 0 saturated carbocycles. The summed E-state index contributed by atoms with van der Waals surface area (Å²) in [5.74, 6) is 0. The van der Waals surface area contributed by atoms with Crippen molar-refractivity contribution in [3.05, 3.63) is 58.2 Å². The minimum atomic E-state index is 0.658. The zero-order chi connectivity index (χ0) is 11.7. The Kier molecular flexibility index (Phi) is 2.49. The van der Waals surface area contributed by atoms with E-state index in [0.717, 1.165) is 24.0 Å². The number of carbonyl (C=O) groups is 1. The van der Waals surface area contributed by atoms with Crippen LogP contribution in [0, 0.1) is 0 Å². The van der Waals surface area contributed by atoms with Gasteiger partial charge in [-0.2, -0.15) is 0 Å². The number of imidazole rings is 1. The molecular weight excluding hydrogens is 232 g/mol. The van der Waals surface area contributed by atoms with Crippen molar-refractivity contribution >= 4 is 23.3 Å². The Hall–Kier alpha value is -1.94. The maximum absolute atomic E-state index is 10.7. The molecule has 0 fully saturated rings. The summed E-state index contributed by atoms with van der Waals surface area (Å²) in [5.41, 5.74) is 2.50. The Balaban J connectivity index is 1.98. The van der Waals surface area contributed by atoms with E-state index in [1.165, 1.54) is 4.88 Å². The first-order valence-electron chi connectivity index (χ1n) is 5.30. The molecule has 0 aliphatic heterocycles. The Morgan fingerprint density at radius 3 is 3.12 bits per heavy atom. The van der Waals surface area contributed by atoms with Crippen LogP contribution in [0.1, 0.15) is 20.9 Å². The second-order valence-electron chi connectivity index (χ2n) is 3.83. The molecule has 0 aliphatic carbocycles. The van der Waals surface area contributed by atoms with Crippen molar-refractivity contribution < 1.29 is 4.79 Å². The van der Waals surface area contributed by atoms with Crippen LogP contribution in [0.25, 0.3) is 5.65 Å². The molecule has 0 spiro atoms. The molecule has 0 N–H and O–H groups in total. The van der Waals surface area contributed by atoms with E-state index in [2.05, 4.69) is 16.4 Å². The quantitative estimate of drug-likeness (QED) is 0.662. The summed E-state index contributed by atoms with van der Waals surface area (Å²) < 4.78 is 1.94. The molecule has 0 aromatic carbocycles. The van der Waals surface area contributed by atoms with Crippen molar-refractivity contribution in [1.29, 1.82) is 0 Å². The normalized spacial score (nSPS) is 10.8. The number of thiophene rings is 1. The molecule has 17 heavy (non-hydrogen) atoms. The molecule has 3 aromatic heterocycles. The van der Waals surface area contributed by atoms with Crippen LogP contribution in [0.3, 0.4) is 0 Å². The highest BCUT2D eigenvalue weighted by Gasteiger charge is 2.04. The lowest BCUT2D eigenvalue weighted by molar-refractivity contribution is 0.112. The van der Waals surface area contributed by atoms with Gasteiger partial charge in [-0.15, -0.1) is 11.3 Å². The molecule has 3 nitrogen and oxygen atoms in total. The smallest absolute Gasteiger partial charge is 0.150 e. The summed E-state index contributed by atoms with van der Waals surface area (Å²) >= 11 is 1.73. The summed E-state index contributed by atoms with van der Waals surface area (Å²) in [6, 6.07) is 7.73. The van der Waals surface area contributed by atoms with Crippen LogP contribution in [0.4, 0.5) is 0 Å². The fraction of sp³-hybridized carbons (Fsp3) is 0.0769. The van der Waals surface area contributed by atoms with Gasteiger partial charge in [0, 0.05) is 29.3 Å². The van der Waals surface area contributed by atoms with Crippen molar-refractivity contribution in [2.45, 2.75) is 6.42 Å². The maximum Gasteiger partial charge on any atom is 0.150 e. The molecule has 0 bridgehead atoms. The van der Waals surface area contributed by atoms with Gasteiger partial charge in [-0.1, -0.05) is 6.07 Å². The van der Waals surface area contributed by atoms with Gasteiger partial charge in [0.2, 0.25) is 0 Å². The van der Waals surface area contributed by atoms with Gasteiger partial charge in [0.1, 0.15) is 11.9 Å². The Morgan fingerprint density at radius 1 is 1.41 bits per heavy atom. The topological polar surface area (TPSA) is 34.4 Å². The van der Waals surface area contributed by atoms with Gasteiger partial charge in [0.25, 0.3) is 0 Å². The first-order chi connectivity index (χ1) is 8.35. The number of rotatable bonds is 3. The van der Waals surface area contributed by atoms with E-state index in [4.69, 9.17) is 0 Å². The molecule has 3 heterocycles. The van der Waals surface area contributed by atoms with Crippen LogP contribution in [-0.2, 0) is 6.42 Å². The van der Waals surface area contributed by atoms with Gasteiger partial charge < -0.3 is 4.40 Å². The Morgan fingerprint density at radius 2 is 2.35 bits per heavy atom. The van der Waals surface area contributed by atoms with E-state index < -0.39 is 0 Å². The average molecular weight is 242 g/mol. The fourth-order valence-corrected chi connectivity index (χ4v) is 2.52. The van der Waals surface area contributed by atoms with Crippen LogP contribution < -0.4 is 0 Å². The van der Waals surface area contributed by atoms with Crippen molar-refractivity contribution in [3.8, 4) is 0 Å². The van der Waals surface area contributed by atoms with E-state index in [-0.39, 0.29) is 0 Å². The molecule has 3 rings (SSSR count). The number of fused-ring (bicyclic) bond motifs is 1. The maximum atomic E-state index is 10.7. The van der Waals surface area contributed by atoms with E-state index >= 15 is 0 Å². The minimum Gasteiger partial charge on any atom is -0.307 e. The lowest BCUT2D eigenvalue weighted by atomic mass is 10.3. The van der Waals surface area contributed by atoms with E-state index in [1.807, 2.05) is 22.9 Å². The summed E-state index contributed by atoms with van der Waals surface area (Å²) in [7, 11) is 0. The summed E-state index contributed by atoms with van der Waals surface area (Å²) in [6.45, 7) is 0. The third kappa shape index (κ3) is 1.99. The number of aldehydes is 1. The highest BCUT2D eigenvalue weighted by molar-refractivity contribution is 7.09. The van der Waals surface area contributed by atoms with Gasteiger partial charge in [0.05, 0.1) is 5.69 Å². The summed E-state index contributed by atoms with van der Waals surface area (Å²) in [4.78, 5) is 16.5. The second-order valence-corrected chi connectivity index (χ2v) is 4.86. The number of hydrogen-bond acceptors (Lipinski definition) is 3. The van der Waals surface area contributed by atoms with Gasteiger partial charge in [-0.05, 0) is 23.6 Å². The zero-order valence-electron chi connectivity index (χ0n) is 9.04. The van der Waals surface area contributed by atoms with Crippen LogP contribution in [0.5, 0.6) is 0 Å². The molecule has 0 amide bonds. The highest BCUT2D eigenvalue weighted by Crippen LogP contribution is 2.15. The molecule has 0 saturated heterocycles. The molecule has 3 aromatic rings. The SMILES string of the molecule is O=Cc1ccn2cc(Cc3cccs3)nc2c1. The average Bonchev–Trinajstić information content (AvgIpc) is 2.96. The highest BCUT2D eigenvalue weighted by atomic mass is 32.1. The van der Waals surface area contributed by atoms with E-state index in [9.17, 15) is 4.79 Å². The van der Waals surface area contributed by atoms with E-state index in [1.54, 1.807) is 23.5 Å². The molecule has 4 heteroatoms. The first kappa shape index (κ1) is 10.2. The molecule has 84 valence electrons. The first-order valence-corrected chi connectivity index (χ1v) is 6.18. The Labute approximate surface area is 102 Å². The van der Waals surface area contributed by atoms with Crippen molar-refractivity contribution in [1.82, 2.24) is 9.38 Å².